The monoisotopic (exact) mass is 1560 g/mol. The lowest BCUT2D eigenvalue weighted by Gasteiger charge is -2.21. The van der Waals surface area contributed by atoms with E-state index < -0.39 is 97.5 Å². The summed E-state index contributed by atoms with van der Waals surface area (Å²) in [5, 5.41) is 10.7. The number of hydrogen-bond donors (Lipinski definition) is 3. The van der Waals surface area contributed by atoms with E-state index in [1.54, 1.807) is 0 Å². The van der Waals surface area contributed by atoms with Crippen molar-refractivity contribution in [3.63, 3.8) is 0 Å². The van der Waals surface area contributed by atoms with E-state index in [1.807, 2.05) is 0 Å². The molecule has 0 aliphatic rings. The molecule has 0 aromatic heterocycles. The second kappa shape index (κ2) is 80.3. The molecule has 19 heteroatoms. The maximum atomic E-state index is 13.1. The van der Waals surface area contributed by atoms with E-state index in [4.69, 9.17) is 37.0 Å². The minimum Gasteiger partial charge on any atom is -0.462 e. The fourth-order valence-electron chi connectivity index (χ4n) is 11.2. The van der Waals surface area contributed by atoms with Gasteiger partial charge in [0.2, 0.25) is 0 Å². The molecule has 108 heavy (non-hydrogen) atoms. The Morgan fingerprint density at radius 2 is 0.481 bits per heavy atom. The van der Waals surface area contributed by atoms with Crippen LogP contribution in [0.3, 0.4) is 0 Å². The molecule has 3 N–H and O–H groups in total. The third-order valence-corrected chi connectivity index (χ3v) is 19.5. The van der Waals surface area contributed by atoms with E-state index in [9.17, 15) is 43.2 Å². The SMILES string of the molecule is CC/C=C\C/C=C\C/C=C\C/C=C\CCCCCCCCC(=O)OCC(COP(=O)(O)OCC(O)COP(=O)(O)OCC(COC(=O)CCCCCCCC/C=C\C/C=C\C/C=C\C/C=C\CC)OC(=O)CCCCCCCCCCCCC)OC(=O)CCCCCCCC/C=C\C/C=C\C/C=C\CCCCC. The van der Waals surface area contributed by atoms with Crippen molar-refractivity contribution >= 4 is 39.5 Å². The van der Waals surface area contributed by atoms with Gasteiger partial charge in [0.05, 0.1) is 26.4 Å². The highest BCUT2D eigenvalue weighted by Gasteiger charge is 2.30. The van der Waals surface area contributed by atoms with Gasteiger partial charge in [0, 0.05) is 25.7 Å². The van der Waals surface area contributed by atoms with Crippen LogP contribution in [-0.2, 0) is 65.4 Å². The second-order valence-electron chi connectivity index (χ2n) is 28.0. The van der Waals surface area contributed by atoms with Crippen LogP contribution in [0.25, 0.3) is 0 Å². The molecule has 0 saturated heterocycles. The molecule has 0 aliphatic carbocycles. The topological polar surface area (TPSA) is 237 Å². The number of ether oxygens (including phenoxy) is 4. The van der Waals surface area contributed by atoms with Gasteiger partial charge in [0.1, 0.15) is 19.3 Å². The highest BCUT2D eigenvalue weighted by Crippen LogP contribution is 2.45. The lowest BCUT2D eigenvalue weighted by molar-refractivity contribution is -0.161. The van der Waals surface area contributed by atoms with Gasteiger partial charge < -0.3 is 33.8 Å². The number of aliphatic hydroxyl groups is 1. The van der Waals surface area contributed by atoms with Gasteiger partial charge >= 0.3 is 39.5 Å². The minimum atomic E-state index is -4.99. The summed E-state index contributed by atoms with van der Waals surface area (Å²) >= 11 is 0. The average molecular weight is 1560 g/mol. The summed E-state index contributed by atoms with van der Waals surface area (Å²) in [6.45, 7) is 4.61. The van der Waals surface area contributed by atoms with E-state index >= 15 is 0 Å². The van der Waals surface area contributed by atoms with E-state index in [-0.39, 0.29) is 25.7 Å². The quantitative estimate of drug-likeness (QED) is 0.0169. The normalized spacial score (nSPS) is 14.5. The number of carbonyl (C=O) groups is 4. The first-order chi connectivity index (χ1) is 52.7. The van der Waals surface area contributed by atoms with Gasteiger partial charge in [-0.2, -0.15) is 0 Å². The number of allylic oxidation sites excluding steroid dienone is 22. The molecule has 0 radical (unpaired) electrons. The number of unbranched alkanes of at least 4 members (excludes halogenated alkanes) is 31. The zero-order chi connectivity index (χ0) is 78.9. The highest BCUT2D eigenvalue weighted by atomic mass is 31.2. The summed E-state index contributed by atoms with van der Waals surface area (Å²) in [7, 11) is -9.97. The van der Waals surface area contributed by atoms with Gasteiger partial charge in [-0.25, -0.2) is 9.13 Å². The zero-order valence-electron chi connectivity index (χ0n) is 68.0. The molecule has 0 bridgehead atoms. The first-order valence-electron chi connectivity index (χ1n) is 42.4. The Hall–Kier alpha value is -4.80. The second-order valence-corrected chi connectivity index (χ2v) is 30.9. The van der Waals surface area contributed by atoms with Crippen molar-refractivity contribution in [3.8, 4) is 0 Å². The van der Waals surface area contributed by atoms with Gasteiger partial charge in [-0.15, -0.1) is 0 Å². The molecule has 620 valence electrons. The Bertz CT molecular complexity index is 2560. The third-order valence-electron chi connectivity index (χ3n) is 17.6. The zero-order valence-corrected chi connectivity index (χ0v) is 69.8. The number of phosphoric acid groups is 2. The average Bonchev–Trinajstić information content (AvgIpc) is 0.917. The molecule has 17 nitrogen and oxygen atoms in total. The van der Waals surface area contributed by atoms with Crippen LogP contribution in [0.2, 0.25) is 0 Å². The summed E-state index contributed by atoms with van der Waals surface area (Å²) in [5.41, 5.74) is 0. The largest absolute Gasteiger partial charge is 0.472 e. The fraction of sp³-hybridized carbons (Fsp3) is 0.708. The van der Waals surface area contributed by atoms with E-state index in [1.165, 1.54) is 57.8 Å². The van der Waals surface area contributed by atoms with Crippen molar-refractivity contribution in [1.82, 2.24) is 0 Å². The molecule has 0 aromatic carbocycles. The molecule has 0 rings (SSSR count). The van der Waals surface area contributed by atoms with E-state index in [2.05, 4.69) is 161 Å². The van der Waals surface area contributed by atoms with Crippen molar-refractivity contribution in [2.75, 3.05) is 39.6 Å². The number of carbonyl (C=O) groups excluding carboxylic acids is 4. The molecule has 5 atom stereocenters. The lowest BCUT2D eigenvalue weighted by atomic mass is 10.1. The van der Waals surface area contributed by atoms with Crippen molar-refractivity contribution < 1.29 is 80.2 Å². The van der Waals surface area contributed by atoms with E-state index in [0.717, 1.165) is 212 Å². The number of rotatable bonds is 79. The molecule has 0 fully saturated rings. The predicted molar refractivity (Wildman–Crippen MR) is 445 cm³/mol. The molecule has 0 amide bonds. The van der Waals surface area contributed by atoms with Crippen molar-refractivity contribution in [3.05, 3.63) is 134 Å². The molecule has 0 heterocycles. The molecule has 5 unspecified atom stereocenters. The van der Waals surface area contributed by atoms with Gasteiger partial charge in [0.15, 0.2) is 12.2 Å². The molecular weight excluding hydrogens is 1400 g/mol. The van der Waals surface area contributed by atoms with Gasteiger partial charge in [-0.05, 0) is 141 Å². The predicted octanol–water partition coefficient (Wildman–Crippen LogP) is 25.2. The number of aliphatic hydroxyl groups excluding tert-OH is 1. The Morgan fingerprint density at radius 3 is 0.759 bits per heavy atom. The summed E-state index contributed by atoms with van der Waals surface area (Å²) in [6, 6.07) is 0. The number of esters is 4. The van der Waals surface area contributed by atoms with Crippen LogP contribution in [0.5, 0.6) is 0 Å². The maximum Gasteiger partial charge on any atom is 0.472 e. The summed E-state index contributed by atoms with van der Waals surface area (Å²) in [5.74, 6) is -2.21. The number of hydrogen-bond acceptors (Lipinski definition) is 15. The summed E-state index contributed by atoms with van der Waals surface area (Å²) in [6.07, 6.45) is 91.2. The Labute approximate surface area is 656 Å². The van der Waals surface area contributed by atoms with Crippen LogP contribution in [-0.4, -0.2) is 96.7 Å². The van der Waals surface area contributed by atoms with E-state index in [0.29, 0.717) is 25.7 Å². The Balaban J connectivity index is 5.36. The molecule has 0 aliphatic heterocycles. The smallest absolute Gasteiger partial charge is 0.462 e. The van der Waals surface area contributed by atoms with Crippen LogP contribution < -0.4 is 0 Å². The molecule has 0 saturated carbocycles. The van der Waals surface area contributed by atoms with Crippen LogP contribution >= 0.6 is 15.6 Å². The van der Waals surface area contributed by atoms with Gasteiger partial charge in [-0.3, -0.25) is 37.3 Å². The van der Waals surface area contributed by atoms with Crippen LogP contribution in [0, 0.1) is 0 Å². The van der Waals surface area contributed by atoms with Crippen molar-refractivity contribution in [2.24, 2.45) is 0 Å². The third kappa shape index (κ3) is 79.3. The lowest BCUT2D eigenvalue weighted by Crippen LogP contribution is -2.30. The molecular formula is C89H152O17P2. The standard InChI is InChI=1S/C89H152O17P2/c1-5-9-13-17-21-25-29-32-35-38-41-44-47-50-54-57-61-65-69-73-86(91)99-79-84(105-88(93)75-71-67-63-59-53-28-24-20-16-12-8-4)81-103-107(95,96)101-77-83(90)78-102-108(97,98)104-82-85(106-89(94)76-72-68-64-60-56-52-49-46-43-40-37-34-31-27-23-19-15-11-7-3)80-100-87(92)74-70-66-62-58-55-51-48-45-42-39-36-33-30-26-22-18-14-10-6-2/h9-10,13-14,21-23,25-27,32-37,41-46,83-85,90H,5-8,11-12,15-20,24,28-31,38-40,47-82H2,1-4H3,(H,95,96)(H,97,98)/b13-9-,14-10-,25-21-,26-22-,27-23-,35-32-,36-33-,37-34-,44-41-,45-42-,46-43-. The molecule has 0 spiro atoms. The summed E-state index contributed by atoms with van der Waals surface area (Å²) in [4.78, 5) is 73.2. The number of phosphoric ester groups is 2. The van der Waals surface area contributed by atoms with Crippen LogP contribution in [0.1, 0.15) is 349 Å². The molecule has 0 aromatic rings. The first kappa shape index (κ1) is 103. The minimum absolute atomic E-state index is 0.0747. The maximum absolute atomic E-state index is 13.1. The highest BCUT2D eigenvalue weighted by molar-refractivity contribution is 7.47. The fourth-order valence-corrected chi connectivity index (χ4v) is 12.8. The Morgan fingerprint density at radius 1 is 0.269 bits per heavy atom. The van der Waals surface area contributed by atoms with Crippen molar-refractivity contribution in [1.29, 1.82) is 0 Å². The van der Waals surface area contributed by atoms with Crippen LogP contribution in [0.4, 0.5) is 0 Å². The van der Waals surface area contributed by atoms with Crippen molar-refractivity contribution in [2.45, 2.75) is 367 Å². The van der Waals surface area contributed by atoms with Gasteiger partial charge in [0.25, 0.3) is 0 Å². The first-order valence-corrected chi connectivity index (χ1v) is 45.4. The van der Waals surface area contributed by atoms with Crippen LogP contribution in [0.15, 0.2) is 134 Å². The summed E-state index contributed by atoms with van der Waals surface area (Å²) < 4.78 is 68.8. The van der Waals surface area contributed by atoms with Gasteiger partial charge in [-0.1, -0.05) is 315 Å². The Kier molecular flexibility index (Phi) is 76.7.